The number of rotatable bonds is 5. The molecule has 0 aromatic heterocycles. The highest BCUT2D eigenvalue weighted by Gasteiger charge is 2.24. The van der Waals surface area contributed by atoms with Crippen LogP contribution in [0.4, 0.5) is 5.69 Å². The molecule has 1 saturated heterocycles. The van der Waals surface area contributed by atoms with Crippen LogP contribution in [-0.2, 0) is 11.2 Å². The van der Waals surface area contributed by atoms with Crippen molar-refractivity contribution < 1.29 is 19.0 Å². The number of para-hydroxylation sites is 2. The lowest BCUT2D eigenvalue weighted by molar-refractivity contribution is 0.0937. The summed E-state index contributed by atoms with van der Waals surface area (Å²) in [6.07, 6.45) is 0.859. The summed E-state index contributed by atoms with van der Waals surface area (Å²) < 4.78 is 16.7. The first kappa shape index (κ1) is 18.6. The number of anilines is 1. The number of amides is 1. The maximum Gasteiger partial charge on any atom is 0.253 e. The number of benzene rings is 2. The van der Waals surface area contributed by atoms with E-state index in [1.165, 1.54) is 0 Å². The fourth-order valence-corrected chi connectivity index (χ4v) is 3.83. The average Bonchev–Trinajstić information content (AvgIpc) is 2.77. The Hall–Kier alpha value is -2.73. The molecule has 148 valence electrons. The molecule has 2 aliphatic heterocycles. The zero-order valence-electron chi connectivity index (χ0n) is 16.1. The van der Waals surface area contributed by atoms with Gasteiger partial charge in [0, 0.05) is 31.2 Å². The van der Waals surface area contributed by atoms with Crippen molar-refractivity contribution in [2.24, 2.45) is 5.92 Å². The highest BCUT2D eigenvalue weighted by molar-refractivity contribution is 5.99. The molecule has 0 bridgehead atoms. The Kier molecular flexibility index (Phi) is 5.67. The normalized spacial score (nSPS) is 18.8. The molecule has 28 heavy (non-hydrogen) atoms. The van der Waals surface area contributed by atoms with Crippen LogP contribution in [0.1, 0.15) is 15.9 Å². The van der Waals surface area contributed by atoms with Crippen LogP contribution in [-0.4, -0.2) is 52.5 Å². The molecule has 1 fully saturated rings. The first-order valence-electron chi connectivity index (χ1n) is 9.75. The third-order valence-corrected chi connectivity index (χ3v) is 5.30. The second kappa shape index (κ2) is 8.52. The molecule has 2 aromatic rings. The molecule has 1 amide bonds. The van der Waals surface area contributed by atoms with E-state index in [0.29, 0.717) is 31.9 Å². The van der Waals surface area contributed by atoms with Crippen LogP contribution in [0.15, 0.2) is 42.5 Å². The molecule has 6 heteroatoms. The number of nitrogens with zero attached hydrogens (tertiary/aromatic N) is 1. The Morgan fingerprint density at radius 3 is 2.82 bits per heavy atom. The second-order valence-electron chi connectivity index (χ2n) is 7.16. The molecule has 4 rings (SSSR count). The van der Waals surface area contributed by atoms with Crippen molar-refractivity contribution >= 4 is 11.6 Å². The van der Waals surface area contributed by atoms with Gasteiger partial charge in [-0.25, -0.2) is 0 Å². The number of ether oxygens (including phenoxy) is 3. The van der Waals surface area contributed by atoms with Crippen LogP contribution < -0.4 is 19.7 Å². The largest absolute Gasteiger partial charge is 0.493 e. The Morgan fingerprint density at radius 1 is 1.18 bits per heavy atom. The minimum atomic E-state index is -0.0430. The summed E-state index contributed by atoms with van der Waals surface area (Å²) >= 11 is 0. The van der Waals surface area contributed by atoms with E-state index in [0.717, 1.165) is 42.3 Å². The van der Waals surface area contributed by atoms with E-state index < -0.39 is 0 Å². The quantitative estimate of drug-likeness (QED) is 0.861. The van der Waals surface area contributed by atoms with Gasteiger partial charge in [-0.3, -0.25) is 4.79 Å². The van der Waals surface area contributed by atoms with Gasteiger partial charge in [0.05, 0.1) is 32.5 Å². The van der Waals surface area contributed by atoms with Gasteiger partial charge in [0.1, 0.15) is 0 Å². The minimum absolute atomic E-state index is 0.0430. The third kappa shape index (κ3) is 3.92. The van der Waals surface area contributed by atoms with Crippen LogP contribution >= 0.6 is 0 Å². The molecular weight excluding hydrogens is 356 g/mol. The summed E-state index contributed by atoms with van der Waals surface area (Å²) in [5.41, 5.74) is 2.81. The maximum absolute atomic E-state index is 12.9. The van der Waals surface area contributed by atoms with Crippen molar-refractivity contribution in [3.05, 3.63) is 53.6 Å². The van der Waals surface area contributed by atoms with Gasteiger partial charge >= 0.3 is 0 Å². The molecule has 1 atom stereocenters. The lowest BCUT2D eigenvalue weighted by Crippen LogP contribution is -2.39. The summed E-state index contributed by atoms with van der Waals surface area (Å²) in [6.45, 7) is 4.14. The number of carbonyl (C=O) groups is 1. The van der Waals surface area contributed by atoms with Crippen LogP contribution in [0, 0.1) is 5.92 Å². The van der Waals surface area contributed by atoms with Crippen LogP contribution in [0.2, 0.25) is 0 Å². The monoisotopic (exact) mass is 382 g/mol. The Morgan fingerprint density at radius 2 is 2.00 bits per heavy atom. The number of fused-ring (bicyclic) bond motifs is 1. The molecule has 0 saturated carbocycles. The topological polar surface area (TPSA) is 60.0 Å². The van der Waals surface area contributed by atoms with Crippen LogP contribution in [0.3, 0.4) is 0 Å². The zero-order valence-corrected chi connectivity index (χ0v) is 16.1. The van der Waals surface area contributed by atoms with Gasteiger partial charge in [0.2, 0.25) is 0 Å². The van der Waals surface area contributed by atoms with Gasteiger partial charge in [0.15, 0.2) is 11.5 Å². The highest BCUT2D eigenvalue weighted by atomic mass is 16.5. The van der Waals surface area contributed by atoms with Gasteiger partial charge < -0.3 is 24.4 Å². The van der Waals surface area contributed by atoms with Gasteiger partial charge in [0.25, 0.3) is 5.91 Å². The van der Waals surface area contributed by atoms with Crippen molar-refractivity contribution in [3.8, 4) is 11.5 Å². The van der Waals surface area contributed by atoms with E-state index in [2.05, 4.69) is 16.3 Å². The van der Waals surface area contributed by atoms with E-state index in [9.17, 15) is 4.79 Å². The number of carbonyl (C=O) groups excluding carboxylic acids is 1. The SMILES string of the molecule is COc1cccc2c1OCC(CNC(=O)c1ccccc1N1CCOCC1)C2. The van der Waals surface area contributed by atoms with Crippen LogP contribution in [0.5, 0.6) is 11.5 Å². The lowest BCUT2D eigenvalue weighted by Gasteiger charge is -2.30. The van der Waals surface area contributed by atoms with Gasteiger partial charge in [-0.05, 0) is 30.2 Å². The van der Waals surface area contributed by atoms with E-state index >= 15 is 0 Å². The smallest absolute Gasteiger partial charge is 0.253 e. The molecule has 0 aliphatic carbocycles. The van der Waals surface area contributed by atoms with E-state index in [4.69, 9.17) is 14.2 Å². The van der Waals surface area contributed by atoms with Gasteiger partial charge in [-0.2, -0.15) is 0 Å². The molecule has 1 N–H and O–H groups in total. The molecule has 2 aliphatic rings. The fourth-order valence-electron chi connectivity index (χ4n) is 3.83. The van der Waals surface area contributed by atoms with E-state index in [1.807, 2.05) is 36.4 Å². The summed E-state index contributed by atoms with van der Waals surface area (Å²) in [7, 11) is 1.65. The predicted molar refractivity (Wildman–Crippen MR) is 107 cm³/mol. The number of methoxy groups -OCH3 is 1. The van der Waals surface area contributed by atoms with E-state index in [1.54, 1.807) is 7.11 Å². The summed E-state index contributed by atoms with van der Waals surface area (Å²) in [4.78, 5) is 15.1. The lowest BCUT2D eigenvalue weighted by atomic mass is 9.96. The van der Waals surface area contributed by atoms with Crippen LogP contribution in [0.25, 0.3) is 0 Å². The molecule has 2 aromatic carbocycles. The summed E-state index contributed by atoms with van der Waals surface area (Å²) in [5.74, 6) is 1.78. The molecule has 2 heterocycles. The first-order valence-corrected chi connectivity index (χ1v) is 9.75. The first-order chi connectivity index (χ1) is 13.8. The highest BCUT2D eigenvalue weighted by Crippen LogP contribution is 2.35. The number of nitrogens with one attached hydrogen (secondary N) is 1. The summed E-state index contributed by atoms with van der Waals surface area (Å²) in [6, 6.07) is 13.7. The average molecular weight is 382 g/mol. The molecule has 0 radical (unpaired) electrons. The zero-order chi connectivity index (χ0) is 19.3. The third-order valence-electron chi connectivity index (χ3n) is 5.30. The Bertz CT molecular complexity index is 833. The number of hydrogen-bond donors (Lipinski definition) is 1. The van der Waals surface area contributed by atoms with Gasteiger partial charge in [-0.1, -0.05) is 24.3 Å². The standard InChI is InChI=1S/C22H26N2O4/c1-26-20-8-4-5-17-13-16(15-28-21(17)20)14-23-22(25)18-6-2-3-7-19(18)24-9-11-27-12-10-24/h2-8,16H,9-15H2,1H3,(H,23,25). The molecule has 1 unspecified atom stereocenters. The van der Waals surface area contributed by atoms with E-state index in [-0.39, 0.29) is 11.8 Å². The van der Waals surface area contributed by atoms with Crippen molar-refractivity contribution in [1.82, 2.24) is 5.32 Å². The molecular formula is C22H26N2O4. The molecule has 0 spiro atoms. The predicted octanol–water partition coefficient (Wildman–Crippen LogP) is 2.51. The maximum atomic E-state index is 12.9. The van der Waals surface area contributed by atoms with Gasteiger partial charge in [-0.15, -0.1) is 0 Å². The summed E-state index contributed by atoms with van der Waals surface area (Å²) in [5, 5.41) is 3.10. The number of morpholine rings is 1. The van der Waals surface area contributed by atoms with Crippen molar-refractivity contribution in [2.75, 3.05) is 51.5 Å². The minimum Gasteiger partial charge on any atom is -0.493 e. The number of hydrogen-bond acceptors (Lipinski definition) is 5. The van der Waals surface area contributed by atoms with Crippen molar-refractivity contribution in [1.29, 1.82) is 0 Å². The Balaban J connectivity index is 1.40. The fraction of sp³-hybridized carbons (Fsp3) is 0.409. The van der Waals surface area contributed by atoms with Crippen molar-refractivity contribution in [3.63, 3.8) is 0 Å². The second-order valence-corrected chi connectivity index (χ2v) is 7.16. The molecule has 6 nitrogen and oxygen atoms in total. The van der Waals surface area contributed by atoms with Crippen molar-refractivity contribution in [2.45, 2.75) is 6.42 Å². The Labute approximate surface area is 165 Å².